The van der Waals surface area contributed by atoms with Crippen LogP contribution in [0.1, 0.15) is 63.1 Å². The molecule has 0 amide bonds. The summed E-state index contributed by atoms with van der Waals surface area (Å²) in [6.07, 6.45) is 5.08. The highest BCUT2D eigenvalue weighted by Crippen LogP contribution is 2.37. The minimum atomic E-state index is 0.408. The predicted molar refractivity (Wildman–Crippen MR) is 73.1 cm³/mol. The molecule has 0 aliphatic carbocycles. The number of hydrogen-bond acceptors (Lipinski definition) is 0. The zero-order chi connectivity index (χ0) is 12.2. The van der Waals surface area contributed by atoms with Crippen LogP contribution in [0.25, 0.3) is 0 Å². The smallest absolute Gasteiger partial charge is 0.00521 e. The van der Waals surface area contributed by atoms with Crippen LogP contribution in [0.2, 0.25) is 0 Å². The molecular weight excluding hydrogens is 192 g/mol. The fourth-order valence-electron chi connectivity index (χ4n) is 2.92. The van der Waals surface area contributed by atoms with Gasteiger partial charge < -0.3 is 0 Å². The second-order valence-corrected chi connectivity index (χ2v) is 5.11. The third-order valence-electron chi connectivity index (χ3n) is 3.92. The van der Waals surface area contributed by atoms with Gasteiger partial charge in [-0.3, -0.25) is 0 Å². The lowest BCUT2D eigenvalue weighted by molar-refractivity contribution is 0.361. The summed E-state index contributed by atoms with van der Waals surface area (Å²) in [5.41, 5.74) is 4.76. The summed E-state index contributed by atoms with van der Waals surface area (Å²) < 4.78 is 0. The SMILES string of the molecule is CCCC(CC)(CC)c1cc(C)cc(C)c1. The highest BCUT2D eigenvalue weighted by molar-refractivity contribution is 5.34. The maximum atomic E-state index is 2.38. The highest BCUT2D eigenvalue weighted by Gasteiger charge is 2.27. The van der Waals surface area contributed by atoms with Gasteiger partial charge in [0.05, 0.1) is 0 Å². The van der Waals surface area contributed by atoms with Crippen LogP contribution in [-0.4, -0.2) is 0 Å². The van der Waals surface area contributed by atoms with Gasteiger partial charge in [-0.1, -0.05) is 56.5 Å². The first-order chi connectivity index (χ1) is 7.57. The van der Waals surface area contributed by atoms with Gasteiger partial charge in [0.25, 0.3) is 0 Å². The summed E-state index contributed by atoms with van der Waals surface area (Å²) in [6.45, 7) is 11.4. The maximum Gasteiger partial charge on any atom is -0.00521 e. The Morgan fingerprint density at radius 1 is 0.875 bits per heavy atom. The van der Waals surface area contributed by atoms with E-state index in [2.05, 4.69) is 52.8 Å². The summed E-state index contributed by atoms with van der Waals surface area (Å²) in [4.78, 5) is 0. The third kappa shape index (κ3) is 2.66. The molecular formula is C16H26. The molecule has 0 N–H and O–H groups in total. The summed E-state index contributed by atoms with van der Waals surface area (Å²) in [5, 5.41) is 0. The van der Waals surface area contributed by atoms with Gasteiger partial charge in [0, 0.05) is 0 Å². The molecule has 0 heterocycles. The van der Waals surface area contributed by atoms with Gasteiger partial charge in [0.1, 0.15) is 0 Å². The number of hydrogen-bond donors (Lipinski definition) is 0. The zero-order valence-electron chi connectivity index (χ0n) is 11.6. The van der Waals surface area contributed by atoms with Crippen LogP contribution >= 0.6 is 0 Å². The summed E-state index contributed by atoms with van der Waals surface area (Å²) >= 11 is 0. The van der Waals surface area contributed by atoms with E-state index in [1.54, 1.807) is 5.56 Å². The van der Waals surface area contributed by atoms with Gasteiger partial charge in [-0.05, 0) is 44.1 Å². The summed E-state index contributed by atoms with van der Waals surface area (Å²) in [7, 11) is 0. The van der Waals surface area contributed by atoms with Gasteiger partial charge in [0.15, 0.2) is 0 Å². The standard InChI is InChI=1S/C16H26/c1-6-9-16(7-2,8-3)15-11-13(4)10-14(5)12-15/h10-12H,6-9H2,1-5H3. The van der Waals surface area contributed by atoms with Crippen LogP contribution in [0.15, 0.2) is 18.2 Å². The van der Waals surface area contributed by atoms with E-state index in [1.807, 2.05) is 0 Å². The van der Waals surface area contributed by atoms with Crippen molar-refractivity contribution >= 4 is 0 Å². The molecule has 1 aromatic rings. The van der Waals surface area contributed by atoms with Crippen molar-refractivity contribution in [1.29, 1.82) is 0 Å². The quantitative estimate of drug-likeness (QED) is 0.640. The topological polar surface area (TPSA) is 0 Å². The van der Waals surface area contributed by atoms with E-state index in [-0.39, 0.29) is 0 Å². The van der Waals surface area contributed by atoms with E-state index in [0.29, 0.717) is 5.41 Å². The average molecular weight is 218 g/mol. The first kappa shape index (κ1) is 13.3. The van der Waals surface area contributed by atoms with Crippen LogP contribution in [0.4, 0.5) is 0 Å². The van der Waals surface area contributed by atoms with Gasteiger partial charge >= 0.3 is 0 Å². The van der Waals surface area contributed by atoms with Crippen molar-refractivity contribution < 1.29 is 0 Å². The molecule has 0 saturated carbocycles. The Bertz CT molecular complexity index is 312. The van der Waals surface area contributed by atoms with Gasteiger partial charge in [-0.15, -0.1) is 0 Å². The maximum absolute atomic E-state index is 2.38. The van der Waals surface area contributed by atoms with E-state index >= 15 is 0 Å². The van der Waals surface area contributed by atoms with Gasteiger partial charge in [0.2, 0.25) is 0 Å². The van der Waals surface area contributed by atoms with Crippen molar-refractivity contribution in [2.75, 3.05) is 0 Å². The van der Waals surface area contributed by atoms with Crippen LogP contribution in [0.5, 0.6) is 0 Å². The van der Waals surface area contributed by atoms with Crippen LogP contribution in [0.3, 0.4) is 0 Å². The number of rotatable bonds is 5. The molecule has 0 aliphatic rings. The summed E-state index contributed by atoms with van der Waals surface area (Å²) in [6, 6.07) is 7.04. The van der Waals surface area contributed by atoms with Gasteiger partial charge in [-0.25, -0.2) is 0 Å². The molecule has 16 heavy (non-hydrogen) atoms. The monoisotopic (exact) mass is 218 g/mol. The van der Waals surface area contributed by atoms with Crippen molar-refractivity contribution in [2.45, 2.75) is 65.7 Å². The number of benzene rings is 1. The Morgan fingerprint density at radius 3 is 1.75 bits per heavy atom. The Balaban J connectivity index is 3.19. The molecule has 0 aliphatic heterocycles. The normalized spacial score (nSPS) is 11.8. The molecule has 0 atom stereocenters. The molecule has 1 aromatic carbocycles. The molecule has 0 aromatic heterocycles. The first-order valence-corrected chi connectivity index (χ1v) is 6.66. The van der Waals surface area contributed by atoms with E-state index in [0.717, 1.165) is 0 Å². The Kier molecular flexibility index (Phi) is 4.58. The lowest BCUT2D eigenvalue weighted by atomic mass is 9.72. The van der Waals surface area contributed by atoms with Gasteiger partial charge in [-0.2, -0.15) is 0 Å². The Morgan fingerprint density at radius 2 is 1.38 bits per heavy atom. The average Bonchev–Trinajstić information content (AvgIpc) is 2.24. The Hall–Kier alpha value is -0.780. The minimum Gasteiger partial charge on any atom is -0.0654 e. The number of aryl methyl sites for hydroxylation is 2. The molecule has 0 nitrogen and oxygen atoms in total. The van der Waals surface area contributed by atoms with Crippen LogP contribution < -0.4 is 0 Å². The molecule has 0 radical (unpaired) electrons. The summed E-state index contributed by atoms with van der Waals surface area (Å²) in [5.74, 6) is 0. The van der Waals surface area contributed by atoms with E-state index in [4.69, 9.17) is 0 Å². The molecule has 0 bridgehead atoms. The van der Waals surface area contributed by atoms with E-state index < -0.39 is 0 Å². The second-order valence-electron chi connectivity index (χ2n) is 5.11. The lowest BCUT2D eigenvalue weighted by Crippen LogP contribution is -2.24. The van der Waals surface area contributed by atoms with Crippen molar-refractivity contribution in [1.82, 2.24) is 0 Å². The molecule has 0 fully saturated rings. The minimum absolute atomic E-state index is 0.408. The lowest BCUT2D eigenvalue weighted by Gasteiger charge is -2.33. The first-order valence-electron chi connectivity index (χ1n) is 6.66. The Labute approximate surface area is 101 Å². The largest absolute Gasteiger partial charge is 0.0654 e. The fourth-order valence-corrected chi connectivity index (χ4v) is 2.92. The molecule has 0 spiro atoms. The molecule has 0 heteroatoms. The zero-order valence-corrected chi connectivity index (χ0v) is 11.6. The van der Waals surface area contributed by atoms with Crippen molar-refractivity contribution in [3.63, 3.8) is 0 Å². The second kappa shape index (κ2) is 5.52. The van der Waals surface area contributed by atoms with Crippen molar-refractivity contribution in [2.24, 2.45) is 0 Å². The van der Waals surface area contributed by atoms with E-state index in [9.17, 15) is 0 Å². The van der Waals surface area contributed by atoms with E-state index in [1.165, 1.54) is 36.8 Å². The fraction of sp³-hybridized carbons (Fsp3) is 0.625. The molecule has 0 unspecified atom stereocenters. The highest BCUT2D eigenvalue weighted by atomic mass is 14.3. The molecule has 0 saturated heterocycles. The molecule has 90 valence electrons. The van der Waals surface area contributed by atoms with Crippen molar-refractivity contribution in [3.05, 3.63) is 34.9 Å². The third-order valence-corrected chi connectivity index (χ3v) is 3.92. The predicted octanol–water partition coefficient (Wildman–Crippen LogP) is 5.16. The van der Waals surface area contributed by atoms with Crippen LogP contribution in [-0.2, 0) is 5.41 Å². The van der Waals surface area contributed by atoms with Crippen LogP contribution in [0, 0.1) is 13.8 Å². The molecule has 1 rings (SSSR count). The van der Waals surface area contributed by atoms with Crippen molar-refractivity contribution in [3.8, 4) is 0 Å².